The Kier molecular flexibility index (Phi) is 8.55. The topological polar surface area (TPSA) is 20.2 Å². The van der Waals surface area contributed by atoms with Crippen LogP contribution >= 0.6 is 0 Å². The molecule has 0 fully saturated rings. The van der Waals surface area contributed by atoms with Crippen LogP contribution < -0.4 is 0 Å². The highest BCUT2D eigenvalue weighted by atomic mass is 16.3. The van der Waals surface area contributed by atoms with Gasteiger partial charge in [0, 0.05) is 0 Å². The van der Waals surface area contributed by atoms with Crippen LogP contribution in [0.1, 0.15) is 40.0 Å². The largest absolute Gasteiger partial charge is 0.392 e. The van der Waals surface area contributed by atoms with Gasteiger partial charge >= 0.3 is 0 Å². The van der Waals surface area contributed by atoms with Crippen LogP contribution in [-0.4, -0.2) is 11.7 Å². The Morgan fingerprint density at radius 3 is 2.31 bits per heavy atom. The predicted molar refractivity (Wildman–Crippen MR) is 72.4 cm³/mol. The van der Waals surface area contributed by atoms with Crippen molar-refractivity contribution < 1.29 is 5.11 Å². The molecule has 0 unspecified atom stereocenters. The molecular weight excluding hydrogens is 196 g/mol. The molecule has 0 spiro atoms. The van der Waals surface area contributed by atoms with Crippen molar-refractivity contribution in [3.05, 3.63) is 47.6 Å². The quantitative estimate of drug-likeness (QED) is 0.504. The van der Waals surface area contributed by atoms with Crippen LogP contribution in [0.2, 0.25) is 0 Å². The number of aliphatic hydroxyl groups excluding tert-OH is 1. The fourth-order valence-corrected chi connectivity index (χ4v) is 1.29. The highest BCUT2D eigenvalue weighted by Gasteiger charge is 1.93. The zero-order valence-corrected chi connectivity index (χ0v) is 10.8. The smallest absolute Gasteiger partial charge is 0.0641 e. The molecule has 0 rings (SSSR count). The third-order valence-corrected chi connectivity index (χ3v) is 2.39. The molecule has 1 heteroatoms. The van der Waals surface area contributed by atoms with Crippen LogP contribution in [0.4, 0.5) is 0 Å². The van der Waals surface area contributed by atoms with Crippen LogP contribution in [-0.2, 0) is 0 Å². The Labute approximate surface area is 99.9 Å². The third kappa shape index (κ3) is 8.25. The first-order valence-electron chi connectivity index (χ1n) is 5.81. The molecule has 0 saturated heterocycles. The van der Waals surface area contributed by atoms with Gasteiger partial charge in [-0.1, -0.05) is 42.0 Å². The van der Waals surface area contributed by atoms with Crippen LogP contribution in [0, 0.1) is 0 Å². The maximum Gasteiger partial charge on any atom is 0.0641 e. The van der Waals surface area contributed by atoms with Crippen molar-refractivity contribution in [3.63, 3.8) is 0 Å². The molecule has 1 nitrogen and oxygen atoms in total. The molecule has 0 aliphatic rings. The molecule has 0 aromatic carbocycles. The fraction of sp³-hybridized carbons (Fsp3) is 0.467. The molecule has 0 amide bonds. The maximum atomic E-state index is 9.18. The van der Waals surface area contributed by atoms with Crippen molar-refractivity contribution in [3.8, 4) is 0 Å². The molecule has 16 heavy (non-hydrogen) atoms. The Morgan fingerprint density at radius 1 is 1.12 bits per heavy atom. The van der Waals surface area contributed by atoms with Gasteiger partial charge in [0.25, 0.3) is 0 Å². The minimum absolute atomic E-state index is 0.164. The van der Waals surface area contributed by atoms with Crippen molar-refractivity contribution in [2.75, 3.05) is 6.61 Å². The SMILES string of the molecule is C=C/C(C)=C/C/C=C(/CO)CCC=C(C)C. The number of allylic oxidation sites excluding steroid dienone is 6. The monoisotopic (exact) mass is 220 g/mol. The van der Waals surface area contributed by atoms with Gasteiger partial charge in [-0.2, -0.15) is 0 Å². The number of hydrogen-bond acceptors (Lipinski definition) is 1. The second kappa shape index (κ2) is 9.17. The summed E-state index contributed by atoms with van der Waals surface area (Å²) in [6.07, 6.45) is 11.1. The number of hydrogen-bond donors (Lipinski definition) is 1. The van der Waals surface area contributed by atoms with Gasteiger partial charge in [0.1, 0.15) is 0 Å². The molecule has 0 aromatic heterocycles. The fourth-order valence-electron chi connectivity index (χ4n) is 1.29. The van der Waals surface area contributed by atoms with E-state index in [9.17, 15) is 5.11 Å². The Hall–Kier alpha value is -1.08. The van der Waals surface area contributed by atoms with Crippen LogP contribution in [0.5, 0.6) is 0 Å². The molecule has 0 saturated carbocycles. The summed E-state index contributed by atoms with van der Waals surface area (Å²) in [5, 5.41) is 9.18. The van der Waals surface area contributed by atoms with E-state index >= 15 is 0 Å². The number of aliphatic hydroxyl groups is 1. The minimum atomic E-state index is 0.164. The van der Waals surface area contributed by atoms with Crippen LogP contribution in [0.15, 0.2) is 47.6 Å². The van der Waals surface area contributed by atoms with Crippen LogP contribution in [0.25, 0.3) is 0 Å². The van der Waals surface area contributed by atoms with E-state index < -0.39 is 0 Å². The molecule has 0 heterocycles. The second-order valence-electron chi connectivity index (χ2n) is 4.23. The van der Waals surface area contributed by atoms with Gasteiger partial charge in [0.05, 0.1) is 6.61 Å². The second-order valence-corrected chi connectivity index (χ2v) is 4.23. The average molecular weight is 220 g/mol. The first kappa shape index (κ1) is 14.9. The molecule has 0 bridgehead atoms. The van der Waals surface area contributed by atoms with E-state index in [2.05, 4.69) is 38.7 Å². The minimum Gasteiger partial charge on any atom is -0.392 e. The molecule has 0 atom stereocenters. The van der Waals surface area contributed by atoms with E-state index in [0.29, 0.717) is 0 Å². The molecular formula is C15H24O. The lowest BCUT2D eigenvalue weighted by Gasteiger charge is -2.01. The molecule has 0 radical (unpaired) electrons. The standard InChI is InChI=1S/C15H24O/c1-5-14(4)9-7-11-15(12-16)10-6-8-13(2)3/h5,8-9,11,16H,1,6-7,10,12H2,2-4H3/b14-9+,15-11+. The van der Waals surface area contributed by atoms with Crippen molar-refractivity contribution in [1.82, 2.24) is 0 Å². The lowest BCUT2D eigenvalue weighted by Crippen LogP contribution is -1.90. The summed E-state index contributed by atoms with van der Waals surface area (Å²) in [5.74, 6) is 0. The van der Waals surface area contributed by atoms with E-state index in [-0.39, 0.29) is 6.61 Å². The van der Waals surface area contributed by atoms with Crippen molar-refractivity contribution in [2.24, 2.45) is 0 Å². The van der Waals surface area contributed by atoms with E-state index in [1.807, 2.05) is 13.0 Å². The van der Waals surface area contributed by atoms with Crippen molar-refractivity contribution in [2.45, 2.75) is 40.0 Å². The van der Waals surface area contributed by atoms with Gasteiger partial charge in [0.2, 0.25) is 0 Å². The van der Waals surface area contributed by atoms with Gasteiger partial charge in [0.15, 0.2) is 0 Å². The highest BCUT2D eigenvalue weighted by Crippen LogP contribution is 2.09. The summed E-state index contributed by atoms with van der Waals surface area (Å²) in [6, 6.07) is 0. The highest BCUT2D eigenvalue weighted by molar-refractivity contribution is 5.16. The van der Waals surface area contributed by atoms with Crippen molar-refractivity contribution >= 4 is 0 Å². The summed E-state index contributed by atoms with van der Waals surface area (Å²) in [5.41, 5.74) is 3.63. The number of rotatable bonds is 7. The molecule has 90 valence electrons. The van der Waals surface area contributed by atoms with Gasteiger partial charge in [-0.3, -0.25) is 0 Å². The summed E-state index contributed by atoms with van der Waals surface area (Å²) >= 11 is 0. The normalized spacial score (nSPS) is 12.5. The summed E-state index contributed by atoms with van der Waals surface area (Å²) in [4.78, 5) is 0. The molecule has 0 aliphatic carbocycles. The zero-order valence-electron chi connectivity index (χ0n) is 10.8. The van der Waals surface area contributed by atoms with E-state index in [0.717, 1.165) is 24.8 Å². The van der Waals surface area contributed by atoms with Gasteiger partial charge in [-0.25, -0.2) is 0 Å². The van der Waals surface area contributed by atoms with E-state index in [4.69, 9.17) is 0 Å². The Bertz CT molecular complexity index is 289. The lowest BCUT2D eigenvalue weighted by molar-refractivity contribution is 0.326. The molecule has 1 N–H and O–H groups in total. The average Bonchev–Trinajstić information content (AvgIpc) is 2.26. The van der Waals surface area contributed by atoms with Gasteiger partial charge in [-0.05, 0) is 45.6 Å². The summed E-state index contributed by atoms with van der Waals surface area (Å²) in [7, 11) is 0. The van der Waals surface area contributed by atoms with E-state index in [1.54, 1.807) is 0 Å². The third-order valence-electron chi connectivity index (χ3n) is 2.39. The molecule has 0 aromatic rings. The first-order chi connectivity index (χ1) is 7.60. The van der Waals surface area contributed by atoms with Gasteiger partial charge < -0.3 is 5.11 Å². The lowest BCUT2D eigenvalue weighted by atomic mass is 10.1. The Balaban J connectivity index is 4.12. The maximum absolute atomic E-state index is 9.18. The van der Waals surface area contributed by atoms with Gasteiger partial charge in [-0.15, -0.1) is 0 Å². The zero-order chi connectivity index (χ0) is 12.4. The summed E-state index contributed by atoms with van der Waals surface area (Å²) in [6.45, 7) is 10.1. The predicted octanol–water partition coefficient (Wildman–Crippen LogP) is 4.17. The Morgan fingerprint density at radius 2 is 1.81 bits per heavy atom. The first-order valence-corrected chi connectivity index (χ1v) is 5.81. The van der Waals surface area contributed by atoms with Crippen molar-refractivity contribution in [1.29, 1.82) is 0 Å². The van der Waals surface area contributed by atoms with Crippen LogP contribution in [0.3, 0.4) is 0 Å². The summed E-state index contributed by atoms with van der Waals surface area (Å²) < 4.78 is 0. The van der Waals surface area contributed by atoms with E-state index in [1.165, 1.54) is 11.1 Å². The molecule has 0 aliphatic heterocycles.